The summed E-state index contributed by atoms with van der Waals surface area (Å²) in [6, 6.07) is 17.7. The lowest BCUT2D eigenvalue weighted by molar-refractivity contribution is -0.161. The van der Waals surface area contributed by atoms with Gasteiger partial charge in [-0.25, -0.2) is 4.79 Å². The van der Waals surface area contributed by atoms with E-state index in [-0.39, 0.29) is 12.4 Å². The van der Waals surface area contributed by atoms with Crippen LogP contribution in [0.5, 0.6) is 5.75 Å². The van der Waals surface area contributed by atoms with Crippen LogP contribution in [0.25, 0.3) is 0 Å². The summed E-state index contributed by atoms with van der Waals surface area (Å²) in [5, 5.41) is 21.6. The van der Waals surface area contributed by atoms with E-state index in [1.54, 1.807) is 73.7 Å². The van der Waals surface area contributed by atoms with Crippen molar-refractivity contribution in [2.45, 2.75) is 19.4 Å². The van der Waals surface area contributed by atoms with Gasteiger partial charge < -0.3 is 14.9 Å². The van der Waals surface area contributed by atoms with Crippen LogP contribution in [0.4, 0.5) is 0 Å². The fraction of sp³-hybridized carbons (Fsp3) is 0.174. The maximum Gasteiger partial charge on any atom is 0.347 e. The smallest absolute Gasteiger partial charge is 0.347 e. The number of benzene rings is 3. The van der Waals surface area contributed by atoms with Gasteiger partial charge in [-0.3, -0.25) is 0 Å². The summed E-state index contributed by atoms with van der Waals surface area (Å²) in [7, 11) is 0. The van der Waals surface area contributed by atoms with Gasteiger partial charge in [-0.1, -0.05) is 59.1 Å². The summed E-state index contributed by atoms with van der Waals surface area (Å²) >= 11 is 17.4. The topological polar surface area (TPSA) is 66.8 Å². The average Bonchev–Trinajstić information content (AvgIpc) is 2.72. The first-order valence-electron chi connectivity index (χ1n) is 9.05. The van der Waals surface area contributed by atoms with Crippen LogP contribution in [0.1, 0.15) is 23.6 Å². The molecule has 3 aromatic rings. The number of aliphatic hydroxyl groups is 1. The number of hydrogen-bond acceptors (Lipinski definition) is 4. The third kappa shape index (κ3) is 5.89. The molecule has 3 rings (SSSR count). The number of ether oxygens (including phenoxy) is 1. The predicted octanol–water partition coefficient (Wildman–Crippen LogP) is 6.15. The third-order valence-corrected chi connectivity index (χ3v) is 5.16. The monoisotopic (exact) mass is 466 g/mol. The van der Waals surface area contributed by atoms with Gasteiger partial charge in [-0.15, -0.1) is 0 Å². The number of aryl methyl sites for hydroxylation is 1. The molecule has 0 aliphatic heterocycles. The highest BCUT2D eigenvalue weighted by Crippen LogP contribution is 2.32. The molecule has 0 radical (unpaired) electrons. The highest BCUT2D eigenvalue weighted by molar-refractivity contribution is 6.31. The SMILES string of the molecule is CCOC(=O)C(O)(c1ccc(Cl)cc1)c1ccc(Cl)cc1.Cc1cc(O)ccc1Cl. The number of aromatic hydroxyl groups is 1. The highest BCUT2D eigenvalue weighted by Gasteiger charge is 2.41. The Morgan fingerprint density at radius 1 is 0.900 bits per heavy atom. The van der Waals surface area contributed by atoms with Gasteiger partial charge in [0.2, 0.25) is 5.60 Å². The molecule has 0 aliphatic rings. The summed E-state index contributed by atoms with van der Waals surface area (Å²) in [4.78, 5) is 12.3. The summed E-state index contributed by atoms with van der Waals surface area (Å²) < 4.78 is 5.02. The van der Waals surface area contributed by atoms with Crippen LogP contribution in [0.2, 0.25) is 15.1 Å². The Hall–Kier alpha value is -2.24. The number of esters is 1. The molecule has 4 nitrogen and oxygen atoms in total. The van der Waals surface area contributed by atoms with Gasteiger partial charge in [0.25, 0.3) is 0 Å². The van der Waals surface area contributed by atoms with Crippen LogP contribution in [-0.4, -0.2) is 22.8 Å². The van der Waals surface area contributed by atoms with Crippen LogP contribution in [0.3, 0.4) is 0 Å². The minimum Gasteiger partial charge on any atom is -0.508 e. The van der Waals surface area contributed by atoms with Crippen molar-refractivity contribution < 1.29 is 19.7 Å². The van der Waals surface area contributed by atoms with Gasteiger partial charge in [0.15, 0.2) is 0 Å². The van der Waals surface area contributed by atoms with Crippen molar-refractivity contribution in [3.05, 3.63) is 98.5 Å². The van der Waals surface area contributed by atoms with Crippen LogP contribution in [0.15, 0.2) is 66.7 Å². The van der Waals surface area contributed by atoms with Crippen molar-refractivity contribution in [1.82, 2.24) is 0 Å². The first-order valence-corrected chi connectivity index (χ1v) is 10.2. The van der Waals surface area contributed by atoms with E-state index in [0.29, 0.717) is 26.2 Å². The molecule has 0 heterocycles. The zero-order chi connectivity index (χ0) is 22.3. The zero-order valence-corrected chi connectivity index (χ0v) is 18.7. The molecule has 3 aromatic carbocycles. The Morgan fingerprint density at radius 2 is 1.37 bits per heavy atom. The van der Waals surface area contributed by atoms with Crippen LogP contribution >= 0.6 is 34.8 Å². The molecule has 158 valence electrons. The minimum atomic E-state index is -1.90. The summed E-state index contributed by atoms with van der Waals surface area (Å²) in [6.07, 6.45) is 0. The molecular formula is C23H21Cl3O4. The molecular weight excluding hydrogens is 447 g/mol. The molecule has 0 aromatic heterocycles. The number of hydrogen-bond donors (Lipinski definition) is 2. The van der Waals surface area contributed by atoms with Crippen LogP contribution < -0.4 is 0 Å². The second-order valence-corrected chi connectivity index (χ2v) is 7.66. The van der Waals surface area contributed by atoms with Crippen molar-refractivity contribution in [3.8, 4) is 5.75 Å². The Labute approximate surface area is 190 Å². The Kier molecular flexibility index (Phi) is 8.56. The van der Waals surface area contributed by atoms with E-state index in [0.717, 1.165) is 5.56 Å². The van der Waals surface area contributed by atoms with Gasteiger partial charge >= 0.3 is 5.97 Å². The van der Waals surface area contributed by atoms with E-state index in [4.69, 9.17) is 44.6 Å². The lowest BCUT2D eigenvalue weighted by Crippen LogP contribution is -2.38. The second-order valence-electron chi connectivity index (χ2n) is 6.38. The van der Waals surface area contributed by atoms with Crippen molar-refractivity contribution in [2.24, 2.45) is 0 Å². The Bertz CT molecular complexity index is 941. The molecule has 0 amide bonds. The van der Waals surface area contributed by atoms with E-state index in [9.17, 15) is 9.90 Å². The molecule has 0 saturated heterocycles. The first kappa shape index (κ1) is 24.0. The molecule has 2 N–H and O–H groups in total. The number of phenols is 1. The zero-order valence-electron chi connectivity index (χ0n) is 16.4. The number of carbonyl (C=O) groups is 1. The van der Waals surface area contributed by atoms with Crippen molar-refractivity contribution >= 4 is 40.8 Å². The van der Waals surface area contributed by atoms with Gasteiger partial charge in [0, 0.05) is 15.1 Å². The fourth-order valence-corrected chi connectivity index (χ4v) is 3.02. The molecule has 0 saturated carbocycles. The van der Waals surface area contributed by atoms with Gasteiger partial charge in [-0.2, -0.15) is 0 Å². The summed E-state index contributed by atoms with van der Waals surface area (Å²) in [6.45, 7) is 3.70. The normalized spacial score (nSPS) is 10.7. The van der Waals surface area contributed by atoms with Gasteiger partial charge in [-0.05, 0) is 73.0 Å². The molecule has 7 heteroatoms. The van der Waals surface area contributed by atoms with E-state index >= 15 is 0 Å². The van der Waals surface area contributed by atoms with Gasteiger partial charge in [0.1, 0.15) is 5.75 Å². The van der Waals surface area contributed by atoms with E-state index in [1.165, 1.54) is 0 Å². The standard InChI is InChI=1S/C16H14Cl2O3.C7H7ClO/c1-2-21-15(19)16(20,11-3-7-13(17)8-4-11)12-5-9-14(18)10-6-12;1-5-4-6(9)2-3-7(5)8/h3-10,20H,2H2,1H3;2-4,9H,1H3. The van der Waals surface area contributed by atoms with Crippen molar-refractivity contribution in [3.63, 3.8) is 0 Å². The lowest BCUT2D eigenvalue weighted by Gasteiger charge is -2.27. The molecule has 0 bridgehead atoms. The number of phenolic OH excluding ortho intramolecular Hbond substituents is 1. The quantitative estimate of drug-likeness (QED) is 0.452. The molecule has 30 heavy (non-hydrogen) atoms. The number of rotatable bonds is 4. The van der Waals surface area contributed by atoms with E-state index in [2.05, 4.69) is 0 Å². The van der Waals surface area contributed by atoms with Crippen LogP contribution in [-0.2, 0) is 15.1 Å². The highest BCUT2D eigenvalue weighted by atomic mass is 35.5. The number of carbonyl (C=O) groups excluding carboxylic acids is 1. The molecule has 0 fully saturated rings. The largest absolute Gasteiger partial charge is 0.508 e. The number of halogens is 3. The average molecular weight is 468 g/mol. The first-order chi connectivity index (χ1) is 14.2. The molecule has 0 aliphatic carbocycles. The maximum atomic E-state index is 12.3. The van der Waals surface area contributed by atoms with Crippen molar-refractivity contribution in [2.75, 3.05) is 6.61 Å². The van der Waals surface area contributed by atoms with Crippen molar-refractivity contribution in [1.29, 1.82) is 0 Å². The molecule has 0 spiro atoms. The lowest BCUT2D eigenvalue weighted by atomic mass is 9.86. The van der Waals surface area contributed by atoms with Gasteiger partial charge in [0.05, 0.1) is 6.61 Å². The third-order valence-electron chi connectivity index (χ3n) is 4.24. The maximum absolute atomic E-state index is 12.3. The molecule has 0 unspecified atom stereocenters. The second kappa shape index (κ2) is 10.7. The minimum absolute atomic E-state index is 0.169. The van der Waals surface area contributed by atoms with Crippen LogP contribution in [0, 0.1) is 6.92 Å². The fourth-order valence-electron chi connectivity index (χ4n) is 2.65. The van der Waals surface area contributed by atoms with E-state index in [1.807, 2.05) is 6.92 Å². The summed E-state index contributed by atoms with van der Waals surface area (Å²) in [5.74, 6) is -0.480. The Morgan fingerprint density at radius 3 is 1.73 bits per heavy atom. The Balaban J connectivity index is 0.000000297. The van der Waals surface area contributed by atoms with E-state index < -0.39 is 11.6 Å². The molecule has 0 atom stereocenters. The predicted molar refractivity (Wildman–Crippen MR) is 120 cm³/mol. The summed E-state index contributed by atoms with van der Waals surface area (Å²) in [5.41, 5.74) is -0.234.